The fraction of sp³-hybridized carbons (Fsp3) is 0. The Balaban J connectivity index is 3.24. The van der Waals surface area contributed by atoms with Crippen molar-refractivity contribution < 1.29 is 4.92 Å². The average molecular weight is 251 g/mol. The Morgan fingerprint density at radius 2 is 1.82 bits per heavy atom. The molecule has 0 saturated heterocycles. The summed E-state index contributed by atoms with van der Waals surface area (Å²) in [6.45, 7) is 0. The lowest BCUT2D eigenvalue weighted by molar-refractivity contribution is -0.383. The molecular formula is C9H5N3O4S. The molecule has 0 aliphatic carbocycles. The number of rotatable bonds is 1. The van der Waals surface area contributed by atoms with Crippen LogP contribution in [0, 0.1) is 14.9 Å². The number of non-ortho nitro benzene ring substituents is 1. The van der Waals surface area contributed by atoms with Gasteiger partial charge in [-0.25, -0.2) is 0 Å². The zero-order valence-electron chi connectivity index (χ0n) is 8.22. The minimum absolute atomic E-state index is 0.0726. The van der Waals surface area contributed by atoms with Crippen LogP contribution >= 0.6 is 12.2 Å². The maximum atomic E-state index is 11.7. The molecule has 0 spiro atoms. The monoisotopic (exact) mass is 251 g/mol. The van der Waals surface area contributed by atoms with Crippen molar-refractivity contribution in [2.75, 3.05) is 0 Å². The zero-order chi connectivity index (χ0) is 12.6. The summed E-state index contributed by atoms with van der Waals surface area (Å²) in [5, 5.41) is 10.4. The van der Waals surface area contributed by atoms with Gasteiger partial charge in [0.2, 0.25) is 0 Å². The van der Waals surface area contributed by atoms with Gasteiger partial charge in [-0.2, -0.15) is 0 Å². The molecule has 2 N–H and O–H groups in total. The van der Waals surface area contributed by atoms with Crippen LogP contribution in [-0.2, 0) is 0 Å². The summed E-state index contributed by atoms with van der Waals surface area (Å²) in [4.78, 5) is 37.8. The molecule has 0 bridgehead atoms. The van der Waals surface area contributed by atoms with Gasteiger partial charge in [-0.05, 0) is 18.3 Å². The van der Waals surface area contributed by atoms with Gasteiger partial charge in [0.05, 0.1) is 10.3 Å². The largest absolute Gasteiger partial charge is 0.299 e. The molecular weight excluding hydrogens is 246 g/mol. The van der Waals surface area contributed by atoms with Gasteiger partial charge in [-0.15, -0.1) is 0 Å². The molecule has 86 valence electrons. The van der Waals surface area contributed by atoms with Crippen LogP contribution in [0.1, 0.15) is 0 Å². The molecule has 0 radical (unpaired) electrons. The second kappa shape index (κ2) is 3.91. The fourth-order valence-corrected chi connectivity index (χ4v) is 1.67. The first kappa shape index (κ1) is 11.1. The van der Waals surface area contributed by atoms with Gasteiger partial charge >= 0.3 is 0 Å². The number of H-pyrrole nitrogens is 2. The highest BCUT2D eigenvalue weighted by Crippen LogP contribution is 2.18. The first-order valence-corrected chi connectivity index (χ1v) is 4.85. The molecule has 0 fully saturated rings. The average Bonchev–Trinajstić information content (AvgIpc) is 2.36. The summed E-state index contributed by atoms with van der Waals surface area (Å²) in [6.07, 6.45) is 0. The summed E-state index contributed by atoms with van der Waals surface area (Å²) >= 11 is 4.67. The quantitative estimate of drug-likeness (QED) is 0.443. The van der Waals surface area contributed by atoms with Crippen LogP contribution in [-0.4, -0.2) is 14.9 Å². The highest BCUT2D eigenvalue weighted by molar-refractivity contribution is 7.71. The minimum Gasteiger partial charge on any atom is -0.299 e. The predicted molar refractivity (Wildman–Crippen MR) is 62.7 cm³/mol. The SMILES string of the molecule is O=c1[nH]c(=S)[nH]c(=O)c2c([N+](=O)[O-])cccc12. The molecule has 7 nitrogen and oxygen atoms in total. The van der Waals surface area contributed by atoms with E-state index in [9.17, 15) is 19.7 Å². The first-order valence-electron chi connectivity index (χ1n) is 4.45. The third-order valence-electron chi connectivity index (χ3n) is 2.16. The summed E-state index contributed by atoms with van der Waals surface area (Å²) in [6, 6.07) is 3.81. The summed E-state index contributed by atoms with van der Waals surface area (Å²) in [5.41, 5.74) is -1.84. The molecule has 1 aromatic carbocycles. The topological polar surface area (TPSA) is 109 Å². The van der Waals surface area contributed by atoms with Gasteiger partial charge in [0, 0.05) is 6.07 Å². The van der Waals surface area contributed by atoms with E-state index in [4.69, 9.17) is 0 Å². The number of nitro benzene ring substituents is 1. The fourth-order valence-electron chi connectivity index (χ4n) is 1.49. The van der Waals surface area contributed by atoms with Crippen molar-refractivity contribution in [3.63, 3.8) is 0 Å². The van der Waals surface area contributed by atoms with Crippen molar-refractivity contribution in [1.82, 2.24) is 9.97 Å². The predicted octanol–water partition coefficient (Wildman–Crippen LogP) is 0.854. The van der Waals surface area contributed by atoms with E-state index in [0.717, 1.165) is 6.07 Å². The normalized spacial score (nSPS) is 10.4. The van der Waals surface area contributed by atoms with E-state index in [1.807, 2.05) is 0 Å². The Morgan fingerprint density at radius 3 is 2.47 bits per heavy atom. The second-order valence-corrected chi connectivity index (χ2v) is 3.60. The van der Waals surface area contributed by atoms with Crippen molar-refractivity contribution in [1.29, 1.82) is 0 Å². The highest BCUT2D eigenvalue weighted by atomic mass is 32.1. The van der Waals surface area contributed by atoms with E-state index < -0.39 is 21.7 Å². The number of fused-ring (bicyclic) bond motifs is 1. The van der Waals surface area contributed by atoms with Gasteiger partial charge in [0.15, 0.2) is 4.77 Å². The van der Waals surface area contributed by atoms with Crippen LogP contribution in [0.4, 0.5) is 5.69 Å². The Labute approximate surface area is 97.9 Å². The molecule has 0 atom stereocenters. The number of nitrogens with zero attached hydrogens (tertiary/aromatic N) is 1. The number of hydrogen-bond acceptors (Lipinski definition) is 5. The van der Waals surface area contributed by atoms with Gasteiger partial charge in [0.1, 0.15) is 5.39 Å². The Kier molecular flexibility index (Phi) is 2.56. The lowest BCUT2D eigenvalue weighted by Gasteiger charge is -1.92. The molecule has 0 aliphatic heterocycles. The van der Waals surface area contributed by atoms with Crippen molar-refractivity contribution in [3.8, 4) is 0 Å². The molecule has 2 rings (SSSR count). The van der Waals surface area contributed by atoms with Crippen LogP contribution < -0.4 is 11.1 Å². The molecule has 2 aromatic rings. The maximum Gasteiger partial charge on any atom is 0.282 e. The van der Waals surface area contributed by atoms with E-state index in [1.165, 1.54) is 12.1 Å². The summed E-state index contributed by atoms with van der Waals surface area (Å²) < 4.78 is -0.175. The molecule has 0 saturated carbocycles. The Bertz CT molecular complexity index is 792. The molecule has 1 aromatic heterocycles. The molecule has 0 aliphatic rings. The molecule has 1 heterocycles. The maximum absolute atomic E-state index is 11.7. The zero-order valence-corrected chi connectivity index (χ0v) is 9.04. The van der Waals surface area contributed by atoms with Crippen LogP contribution in [0.3, 0.4) is 0 Å². The summed E-state index contributed by atoms with van der Waals surface area (Å²) in [7, 11) is 0. The van der Waals surface area contributed by atoms with Crippen molar-refractivity contribution >= 4 is 28.7 Å². The van der Waals surface area contributed by atoms with Gasteiger partial charge in [0.25, 0.3) is 16.8 Å². The van der Waals surface area contributed by atoms with Crippen molar-refractivity contribution in [2.45, 2.75) is 0 Å². The van der Waals surface area contributed by atoms with E-state index in [1.54, 1.807) is 0 Å². The van der Waals surface area contributed by atoms with E-state index in [2.05, 4.69) is 22.2 Å². The van der Waals surface area contributed by atoms with Crippen LogP contribution in [0.25, 0.3) is 10.8 Å². The molecule has 17 heavy (non-hydrogen) atoms. The molecule has 8 heteroatoms. The molecule has 0 unspecified atom stereocenters. The van der Waals surface area contributed by atoms with Crippen molar-refractivity contribution in [3.05, 3.63) is 53.8 Å². The lowest BCUT2D eigenvalue weighted by Crippen LogP contribution is -2.07. The first-order chi connectivity index (χ1) is 8.00. The minimum atomic E-state index is -0.768. The Morgan fingerprint density at radius 1 is 1.18 bits per heavy atom. The number of aromatic amines is 2. The van der Waals surface area contributed by atoms with Crippen LogP contribution in [0.15, 0.2) is 27.8 Å². The van der Waals surface area contributed by atoms with Gasteiger partial charge < -0.3 is 0 Å². The number of nitrogens with one attached hydrogen (secondary N) is 2. The standard InChI is InChI=1S/C9H5N3O4S/c13-7-4-2-1-3-5(12(15)16)6(4)8(14)11-9(17)10-7/h1-3H,(H2,10,11,13,14,17). The van der Waals surface area contributed by atoms with Crippen LogP contribution in [0.5, 0.6) is 0 Å². The van der Waals surface area contributed by atoms with Gasteiger partial charge in [-0.3, -0.25) is 29.7 Å². The van der Waals surface area contributed by atoms with Gasteiger partial charge in [-0.1, -0.05) is 6.07 Å². The van der Waals surface area contributed by atoms with Crippen molar-refractivity contribution in [2.24, 2.45) is 0 Å². The molecule has 0 amide bonds. The smallest absolute Gasteiger partial charge is 0.282 e. The third kappa shape index (κ3) is 1.85. The second-order valence-electron chi connectivity index (χ2n) is 3.19. The highest BCUT2D eigenvalue weighted by Gasteiger charge is 2.15. The summed E-state index contributed by atoms with van der Waals surface area (Å²) in [5.74, 6) is 0. The van der Waals surface area contributed by atoms with E-state index >= 15 is 0 Å². The van der Waals surface area contributed by atoms with Crippen LogP contribution in [0.2, 0.25) is 0 Å². The third-order valence-corrected chi connectivity index (χ3v) is 2.37. The lowest BCUT2D eigenvalue weighted by atomic mass is 10.2. The number of nitro groups is 1. The van der Waals surface area contributed by atoms with E-state index in [0.29, 0.717) is 0 Å². The number of benzene rings is 1. The number of aromatic nitrogens is 2. The van der Waals surface area contributed by atoms with E-state index in [-0.39, 0.29) is 15.5 Å². The number of hydrogen-bond donors (Lipinski definition) is 2. The Hall–Kier alpha value is -2.35.